The second kappa shape index (κ2) is 5.50. The Bertz CT molecular complexity index is 360. The van der Waals surface area contributed by atoms with E-state index in [4.69, 9.17) is 0 Å². The molecule has 1 aromatic rings. The minimum absolute atomic E-state index is 0.350. The molecule has 0 aromatic carbocycles. The Kier molecular flexibility index (Phi) is 4.00. The Morgan fingerprint density at radius 3 is 2.88 bits per heavy atom. The molecule has 1 heterocycles. The molecule has 1 atom stereocenters. The summed E-state index contributed by atoms with van der Waals surface area (Å²) in [5.74, 6) is 2.00. The van der Waals surface area contributed by atoms with E-state index in [-0.39, 0.29) is 0 Å². The summed E-state index contributed by atoms with van der Waals surface area (Å²) in [5.41, 5.74) is 1.29. The molecule has 0 radical (unpaired) electrons. The van der Waals surface area contributed by atoms with Crippen molar-refractivity contribution in [1.29, 1.82) is 0 Å². The van der Waals surface area contributed by atoms with Crippen molar-refractivity contribution in [3.05, 3.63) is 23.9 Å². The Morgan fingerprint density at radius 1 is 1.53 bits per heavy atom. The molecule has 1 saturated carbocycles. The molecular formula is C14H23N3. The molecule has 3 nitrogen and oxygen atoms in total. The molecular weight excluding hydrogens is 210 g/mol. The summed E-state index contributed by atoms with van der Waals surface area (Å²) >= 11 is 0. The van der Waals surface area contributed by atoms with Gasteiger partial charge >= 0.3 is 0 Å². The van der Waals surface area contributed by atoms with E-state index in [2.05, 4.69) is 35.2 Å². The van der Waals surface area contributed by atoms with E-state index in [9.17, 15) is 0 Å². The van der Waals surface area contributed by atoms with Gasteiger partial charge in [-0.05, 0) is 38.8 Å². The zero-order chi connectivity index (χ0) is 12.3. The quantitative estimate of drug-likeness (QED) is 0.847. The summed E-state index contributed by atoms with van der Waals surface area (Å²) in [6.07, 6.45) is 6.06. The standard InChI is InChI=1S/C14H23N3/c1-11(15-2)13-8-5-9-16-14(13)17(3)10-12-6-4-7-12/h5,8-9,11-12,15H,4,6-7,10H2,1-3H3. The van der Waals surface area contributed by atoms with Crippen LogP contribution in [0.15, 0.2) is 18.3 Å². The zero-order valence-corrected chi connectivity index (χ0v) is 11.1. The van der Waals surface area contributed by atoms with Gasteiger partial charge in [0.15, 0.2) is 0 Å². The summed E-state index contributed by atoms with van der Waals surface area (Å²) in [6, 6.07) is 4.53. The molecule has 94 valence electrons. The van der Waals surface area contributed by atoms with E-state index in [1.165, 1.54) is 24.8 Å². The fourth-order valence-corrected chi connectivity index (χ4v) is 2.37. The van der Waals surface area contributed by atoms with Crippen LogP contribution in [-0.2, 0) is 0 Å². The number of rotatable bonds is 5. The van der Waals surface area contributed by atoms with Crippen LogP contribution in [0.5, 0.6) is 0 Å². The average molecular weight is 233 g/mol. The van der Waals surface area contributed by atoms with Gasteiger partial charge in [-0.1, -0.05) is 12.5 Å². The minimum Gasteiger partial charge on any atom is -0.359 e. The third kappa shape index (κ3) is 2.78. The van der Waals surface area contributed by atoms with Gasteiger partial charge in [0.1, 0.15) is 5.82 Å². The predicted octanol–water partition coefficient (Wildman–Crippen LogP) is 2.60. The van der Waals surface area contributed by atoms with Crippen molar-refractivity contribution >= 4 is 5.82 Å². The lowest BCUT2D eigenvalue weighted by Crippen LogP contribution is -2.31. The first-order chi connectivity index (χ1) is 8.22. The molecule has 0 bridgehead atoms. The van der Waals surface area contributed by atoms with Gasteiger partial charge in [-0.25, -0.2) is 4.98 Å². The van der Waals surface area contributed by atoms with Crippen LogP contribution in [0.25, 0.3) is 0 Å². The summed E-state index contributed by atoms with van der Waals surface area (Å²) in [7, 11) is 4.15. The van der Waals surface area contributed by atoms with Gasteiger partial charge in [0.2, 0.25) is 0 Å². The number of anilines is 1. The highest BCUT2D eigenvalue weighted by atomic mass is 15.2. The molecule has 1 aliphatic carbocycles. The second-order valence-electron chi connectivity index (χ2n) is 5.10. The lowest BCUT2D eigenvalue weighted by atomic mass is 9.85. The highest BCUT2D eigenvalue weighted by Gasteiger charge is 2.21. The fraction of sp³-hybridized carbons (Fsp3) is 0.643. The summed E-state index contributed by atoms with van der Waals surface area (Å²) in [6.45, 7) is 3.32. The number of pyridine rings is 1. The van der Waals surface area contributed by atoms with Crippen LogP contribution in [0.1, 0.15) is 37.8 Å². The summed E-state index contributed by atoms with van der Waals surface area (Å²) in [4.78, 5) is 6.86. The SMILES string of the molecule is CNC(C)c1cccnc1N(C)CC1CCC1. The van der Waals surface area contributed by atoms with E-state index >= 15 is 0 Å². The van der Waals surface area contributed by atoms with Crippen molar-refractivity contribution in [2.24, 2.45) is 5.92 Å². The van der Waals surface area contributed by atoms with Crippen molar-refractivity contribution in [2.45, 2.75) is 32.2 Å². The summed E-state index contributed by atoms with van der Waals surface area (Å²) < 4.78 is 0. The predicted molar refractivity (Wildman–Crippen MR) is 72.3 cm³/mol. The molecule has 1 N–H and O–H groups in total. The van der Waals surface area contributed by atoms with Crippen LogP contribution in [0, 0.1) is 5.92 Å². The summed E-state index contributed by atoms with van der Waals surface area (Å²) in [5, 5.41) is 3.29. The third-order valence-corrected chi connectivity index (χ3v) is 3.83. The molecule has 1 aromatic heterocycles. The first kappa shape index (κ1) is 12.4. The first-order valence-corrected chi connectivity index (χ1v) is 6.55. The number of nitrogens with one attached hydrogen (secondary N) is 1. The van der Waals surface area contributed by atoms with Crippen molar-refractivity contribution in [2.75, 3.05) is 25.5 Å². The topological polar surface area (TPSA) is 28.2 Å². The zero-order valence-electron chi connectivity index (χ0n) is 11.1. The van der Waals surface area contributed by atoms with Crippen LogP contribution < -0.4 is 10.2 Å². The molecule has 1 aliphatic rings. The lowest BCUT2D eigenvalue weighted by molar-refractivity contribution is 0.320. The lowest BCUT2D eigenvalue weighted by Gasteiger charge is -2.32. The number of nitrogens with zero attached hydrogens (tertiary/aromatic N) is 2. The Hall–Kier alpha value is -1.09. The third-order valence-electron chi connectivity index (χ3n) is 3.83. The van der Waals surface area contributed by atoms with Crippen molar-refractivity contribution in [3.8, 4) is 0 Å². The van der Waals surface area contributed by atoms with Gasteiger partial charge in [0, 0.05) is 31.4 Å². The van der Waals surface area contributed by atoms with Gasteiger partial charge < -0.3 is 10.2 Å². The van der Waals surface area contributed by atoms with Gasteiger partial charge in [0.25, 0.3) is 0 Å². The molecule has 0 amide bonds. The van der Waals surface area contributed by atoms with Crippen LogP contribution in [0.2, 0.25) is 0 Å². The first-order valence-electron chi connectivity index (χ1n) is 6.55. The van der Waals surface area contributed by atoms with Crippen molar-refractivity contribution in [3.63, 3.8) is 0 Å². The van der Waals surface area contributed by atoms with Gasteiger partial charge in [-0.3, -0.25) is 0 Å². The van der Waals surface area contributed by atoms with E-state index in [1.807, 2.05) is 19.3 Å². The highest BCUT2D eigenvalue weighted by molar-refractivity contribution is 5.47. The Labute approximate surface area is 104 Å². The molecule has 1 fully saturated rings. The molecule has 2 rings (SSSR count). The van der Waals surface area contributed by atoms with Crippen LogP contribution in [-0.4, -0.2) is 25.6 Å². The van der Waals surface area contributed by atoms with Crippen LogP contribution in [0.3, 0.4) is 0 Å². The maximum Gasteiger partial charge on any atom is 0.133 e. The highest BCUT2D eigenvalue weighted by Crippen LogP contribution is 2.29. The normalized spacial score (nSPS) is 17.6. The van der Waals surface area contributed by atoms with E-state index in [0.717, 1.165) is 18.3 Å². The molecule has 3 heteroatoms. The molecule has 0 aliphatic heterocycles. The van der Waals surface area contributed by atoms with Crippen molar-refractivity contribution < 1.29 is 0 Å². The van der Waals surface area contributed by atoms with Gasteiger partial charge in [0.05, 0.1) is 0 Å². The van der Waals surface area contributed by atoms with Gasteiger partial charge in [-0.15, -0.1) is 0 Å². The van der Waals surface area contributed by atoms with E-state index in [0.29, 0.717) is 6.04 Å². The van der Waals surface area contributed by atoms with Crippen molar-refractivity contribution in [1.82, 2.24) is 10.3 Å². The molecule has 0 saturated heterocycles. The van der Waals surface area contributed by atoms with E-state index < -0.39 is 0 Å². The Balaban J connectivity index is 2.12. The van der Waals surface area contributed by atoms with Crippen LogP contribution in [0.4, 0.5) is 5.82 Å². The van der Waals surface area contributed by atoms with E-state index in [1.54, 1.807) is 0 Å². The second-order valence-corrected chi connectivity index (χ2v) is 5.10. The molecule has 0 spiro atoms. The monoisotopic (exact) mass is 233 g/mol. The number of aromatic nitrogens is 1. The molecule has 1 unspecified atom stereocenters. The Morgan fingerprint density at radius 2 is 2.29 bits per heavy atom. The average Bonchev–Trinajstić information content (AvgIpc) is 2.32. The fourth-order valence-electron chi connectivity index (χ4n) is 2.37. The minimum atomic E-state index is 0.350. The number of hydrogen-bond acceptors (Lipinski definition) is 3. The van der Waals surface area contributed by atoms with Gasteiger partial charge in [-0.2, -0.15) is 0 Å². The smallest absolute Gasteiger partial charge is 0.133 e. The maximum absolute atomic E-state index is 4.55. The largest absolute Gasteiger partial charge is 0.359 e. The maximum atomic E-state index is 4.55. The number of hydrogen-bond donors (Lipinski definition) is 1. The van der Waals surface area contributed by atoms with Crippen LogP contribution >= 0.6 is 0 Å². The molecule has 17 heavy (non-hydrogen) atoms.